The molecular formula is C29H43N3O4S. The van der Waals surface area contributed by atoms with Gasteiger partial charge in [0.15, 0.2) is 0 Å². The standard InChI is InChI=1S/C29H43N3O4S/c1-4-16-32(17-5-2)28(34)15-14-25(29(30)35)26(21-37-24-12-7-6-8-13-24)27(33)20-31-19-22-10-9-11-23(18-22)36-3/h6-13,18,25-27,31,33H,4-5,14-17,19-21H2,1-3H3,(H2,30,35)/t25?,26-,27+/m1/s1. The maximum absolute atomic E-state index is 12.9. The Kier molecular flexibility index (Phi) is 14.1. The van der Waals surface area contributed by atoms with Gasteiger partial charge in [-0.1, -0.05) is 44.2 Å². The Morgan fingerprint density at radius 1 is 1.08 bits per heavy atom. The van der Waals surface area contributed by atoms with Crippen LogP contribution in [0.4, 0.5) is 0 Å². The van der Waals surface area contributed by atoms with Gasteiger partial charge in [0, 0.05) is 55.1 Å². The highest BCUT2D eigenvalue weighted by Crippen LogP contribution is 2.29. The molecule has 7 nitrogen and oxygen atoms in total. The van der Waals surface area contributed by atoms with Crippen LogP contribution in [0.15, 0.2) is 59.5 Å². The van der Waals surface area contributed by atoms with E-state index in [2.05, 4.69) is 5.32 Å². The Morgan fingerprint density at radius 2 is 1.78 bits per heavy atom. The number of rotatable bonds is 18. The lowest BCUT2D eigenvalue weighted by Gasteiger charge is -2.30. The fraction of sp³-hybridized carbons (Fsp3) is 0.517. The summed E-state index contributed by atoms with van der Waals surface area (Å²) in [7, 11) is 1.63. The molecule has 0 aliphatic rings. The van der Waals surface area contributed by atoms with E-state index < -0.39 is 23.8 Å². The zero-order chi connectivity index (χ0) is 27.0. The van der Waals surface area contributed by atoms with E-state index in [4.69, 9.17) is 10.5 Å². The normalized spacial score (nSPS) is 13.5. The lowest BCUT2D eigenvalue weighted by molar-refractivity contribution is -0.132. The molecule has 4 N–H and O–H groups in total. The van der Waals surface area contributed by atoms with Crippen molar-refractivity contribution in [3.8, 4) is 5.75 Å². The van der Waals surface area contributed by atoms with Crippen molar-refractivity contribution in [2.45, 2.75) is 57.1 Å². The van der Waals surface area contributed by atoms with Crippen molar-refractivity contribution >= 4 is 23.6 Å². The molecule has 0 bridgehead atoms. The van der Waals surface area contributed by atoms with Crippen LogP contribution in [0.1, 0.15) is 45.1 Å². The smallest absolute Gasteiger partial charge is 0.222 e. The van der Waals surface area contributed by atoms with Crippen LogP contribution in [0.2, 0.25) is 0 Å². The average molecular weight is 530 g/mol. The Morgan fingerprint density at radius 3 is 2.41 bits per heavy atom. The summed E-state index contributed by atoms with van der Waals surface area (Å²) >= 11 is 1.59. The highest BCUT2D eigenvalue weighted by atomic mass is 32.2. The molecule has 0 aliphatic carbocycles. The molecule has 2 aromatic carbocycles. The van der Waals surface area contributed by atoms with Gasteiger partial charge in [-0.3, -0.25) is 9.59 Å². The number of amides is 2. The quantitative estimate of drug-likeness (QED) is 0.251. The molecule has 0 saturated carbocycles. The van der Waals surface area contributed by atoms with Crippen molar-refractivity contribution < 1.29 is 19.4 Å². The Hall–Kier alpha value is -2.55. The van der Waals surface area contributed by atoms with Gasteiger partial charge in [0.1, 0.15) is 5.75 Å². The maximum atomic E-state index is 12.9. The number of methoxy groups -OCH3 is 1. The summed E-state index contributed by atoms with van der Waals surface area (Å²) in [6, 6.07) is 17.6. The monoisotopic (exact) mass is 529 g/mol. The van der Waals surface area contributed by atoms with Crippen LogP contribution in [0.3, 0.4) is 0 Å². The molecule has 2 amide bonds. The van der Waals surface area contributed by atoms with Gasteiger partial charge in [0.2, 0.25) is 11.8 Å². The Bertz CT molecular complexity index is 938. The minimum atomic E-state index is -0.809. The van der Waals surface area contributed by atoms with Crippen molar-refractivity contribution in [1.29, 1.82) is 0 Å². The number of benzene rings is 2. The molecule has 0 fully saturated rings. The summed E-state index contributed by atoms with van der Waals surface area (Å²) in [5.74, 6) is -0.166. The van der Waals surface area contributed by atoms with Gasteiger partial charge < -0.3 is 25.8 Å². The van der Waals surface area contributed by atoms with Gasteiger partial charge in [-0.25, -0.2) is 0 Å². The molecule has 0 aliphatic heterocycles. The third kappa shape index (κ3) is 10.8. The van der Waals surface area contributed by atoms with Crippen LogP contribution in [0.5, 0.6) is 5.75 Å². The third-order valence-corrected chi connectivity index (χ3v) is 7.54. The first-order valence-corrected chi connectivity index (χ1v) is 14.1. The second-order valence-corrected chi connectivity index (χ2v) is 10.4. The predicted octanol–water partition coefficient (Wildman–Crippen LogP) is 4.08. The summed E-state index contributed by atoms with van der Waals surface area (Å²) < 4.78 is 5.28. The number of carbonyl (C=O) groups is 2. The third-order valence-electron chi connectivity index (χ3n) is 6.39. The Labute approximate surface area is 226 Å². The van der Waals surface area contributed by atoms with Crippen molar-refractivity contribution in [3.05, 3.63) is 60.2 Å². The summed E-state index contributed by atoms with van der Waals surface area (Å²) in [5.41, 5.74) is 6.89. The molecule has 204 valence electrons. The first-order valence-electron chi connectivity index (χ1n) is 13.2. The summed E-state index contributed by atoms with van der Waals surface area (Å²) in [5, 5.41) is 14.5. The van der Waals surface area contributed by atoms with Gasteiger partial charge in [0.25, 0.3) is 0 Å². The van der Waals surface area contributed by atoms with Crippen molar-refractivity contribution in [1.82, 2.24) is 10.2 Å². The highest BCUT2D eigenvalue weighted by molar-refractivity contribution is 7.99. The number of carbonyl (C=O) groups excluding carboxylic acids is 2. The molecule has 0 aromatic heterocycles. The number of hydrogen-bond acceptors (Lipinski definition) is 6. The molecule has 2 aromatic rings. The summed E-state index contributed by atoms with van der Waals surface area (Å²) in [4.78, 5) is 28.4. The molecule has 8 heteroatoms. The second kappa shape index (κ2) is 17.1. The SMILES string of the molecule is CCCN(CCC)C(=O)CCC(C(N)=O)[C@@H](CSc1ccccc1)[C@@H](O)CNCc1cccc(OC)c1. The first-order chi connectivity index (χ1) is 17.9. The zero-order valence-corrected chi connectivity index (χ0v) is 23.2. The van der Waals surface area contributed by atoms with Crippen LogP contribution in [0, 0.1) is 11.8 Å². The summed E-state index contributed by atoms with van der Waals surface area (Å²) in [6.07, 6.45) is 1.53. The number of nitrogens with two attached hydrogens (primary N) is 1. The minimum absolute atomic E-state index is 0.0371. The fourth-order valence-electron chi connectivity index (χ4n) is 4.41. The van der Waals surface area contributed by atoms with Crippen LogP contribution in [-0.4, -0.2) is 60.4 Å². The second-order valence-electron chi connectivity index (χ2n) is 9.27. The van der Waals surface area contributed by atoms with E-state index in [-0.39, 0.29) is 12.3 Å². The van der Waals surface area contributed by atoms with Gasteiger partial charge in [-0.2, -0.15) is 0 Å². The van der Waals surface area contributed by atoms with E-state index in [9.17, 15) is 14.7 Å². The minimum Gasteiger partial charge on any atom is -0.497 e. The predicted molar refractivity (Wildman–Crippen MR) is 150 cm³/mol. The number of nitrogens with zero attached hydrogens (tertiary/aromatic N) is 1. The van der Waals surface area contributed by atoms with E-state index in [0.717, 1.165) is 29.1 Å². The molecule has 0 heterocycles. The van der Waals surface area contributed by atoms with Crippen LogP contribution >= 0.6 is 11.8 Å². The van der Waals surface area contributed by atoms with E-state index in [0.29, 0.717) is 38.4 Å². The highest BCUT2D eigenvalue weighted by Gasteiger charge is 2.33. The van der Waals surface area contributed by atoms with E-state index >= 15 is 0 Å². The molecule has 0 spiro atoms. The number of aliphatic hydroxyl groups excluding tert-OH is 1. The number of primary amides is 1. The van der Waals surface area contributed by atoms with Crippen molar-refractivity contribution in [3.63, 3.8) is 0 Å². The van der Waals surface area contributed by atoms with Crippen molar-refractivity contribution in [2.75, 3.05) is 32.5 Å². The lowest BCUT2D eigenvalue weighted by Crippen LogP contribution is -2.43. The number of nitrogens with one attached hydrogen (secondary N) is 1. The van der Waals surface area contributed by atoms with Crippen LogP contribution in [0.25, 0.3) is 0 Å². The molecule has 2 rings (SSSR count). The molecule has 3 atom stereocenters. The average Bonchev–Trinajstić information content (AvgIpc) is 2.90. The molecule has 0 saturated heterocycles. The van der Waals surface area contributed by atoms with E-state index in [1.807, 2.05) is 73.3 Å². The molecule has 1 unspecified atom stereocenters. The number of hydrogen-bond donors (Lipinski definition) is 3. The van der Waals surface area contributed by atoms with Gasteiger partial charge >= 0.3 is 0 Å². The molecule has 0 radical (unpaired) electrons. The largest absolute Gasteiger partial charge is 0.497 e. The van der Waals surface area contributed by atoms with Gasteiger partial charge in [0.05, 0.1) is 13.2 Å². The van der Waals surface area contributed by atoms with Crippen molar-refractivity contribution in [2.24, 2.45) is 17.6 Å². The van der Waals surface area contributed by atoms with Crippen LogP contribution in [-0.2, 0) is 16.1 Å². The van der Waals surface area contributed by atoms with E-state index in [1.165, 1.54) is 0 Å². The lowest BCUT2D eigenvalue weighted by atomic mass is 9.84. The zero-order valence-electron chi connectivity index (χ0n) is 22.4. The first kappa shape index (κ1) is 30.7. The number of ether oxygens (including phenoxy) is 1. The topological polar surface area (TPSA) is 105 Å². The molecule has 37 heavy (non-hydrogen) atoms. The van der Waals surface area contributed by atoms with Crippen LogP contribution < -0.4 is 15.8 Å². The summed E-state index contributed by atoms with van der Waals surface area (Å²) in [6.45, 7) is 6.36. The van der Waals surface area contributed by atoms with Gasteiger partial charge in [-0.15, -0.1) is 11.8 Å². The number of thioether (sulfide) groups is 1. The molecular weight excluding hydrogens is 486 g/mol. The van der Waals surface area contributed by atoms with E-state index in [1.54, 1.807) is 18.9 Å². The maximum Gasteiger partial charge on any atom is 0.222 e. The Balaban J connectivity index is 2.10. The fourth-order valence-corrected chi connectivity index (χ4v) is 5.60. The number of aliphatic hydroxyl groups is 1. The van der Waals surface area contributed by atoms with Gasteiger partial charge in [-0.05, 0) is 49.1 Å².